The molecule has 0 aliphatic carbocycles. The summed E-state index contributed by atoms with van der Waals surface area (Å²) in [7, 11) is 0. The maximum Gasteiger partial charge on any atom is 2.00 e. The minimum atomic E-state index is -1.75. The molecule has 0 aromatic rings. The smallest absolute Gasteiger partial charge is 0.870 e. The van der Waals surface area contributed by atoms with Gasteiger partial charge in [-0.3, -0.25) is 0 Å². The first-order valence-electron chi connectivity index (χ1n) is 0.548. The summed E-state index contributed by atoms with van der Waals surface area (Å²) in [5.74, 6) is 0. The average molecular weight is 168 g/mol. The molecule has 0 aliphatic heterocycles. The minimum absolute atomic E-state index is 0. The van der Waals surface area contributed by atoms with Crippen molar-refractivity contribution in [3.05, 3.63) is 15.3 Å². The second-order valence-corrected chi connectivity index (χ2v) is 0.224. The van der Waals surface area contributed by atoms with Crippen LogP contribution in [0, 0.1) is 15.3 Å². The molecule has 0 bridgehead atoms. The summed E-state index contributed by atoms with van der Waals surface area (Å²) in [6, 6.07) is 0. The van der Waals surface area contributed by atoms with Crippen LogP contribution in [0.5, 0.6) is 0 Å². The first kappa shape index (κ1) is 16.3. The van der Waals surface area contributed by atoms with E-state index < -0.39 is 5.09 Å². The summed E-state index contributed by atoms with van der Waals surface area (Å²) < 4.78 is 0. The summed E-state index contributed by atoms with van der Waals surface area (Å²) in [5.41, 5.74) is 0. The molecule has 0 spiro atoms. The van der Waals surface area contributed by atoms with Crippen LogP contribution in [-0.4, -0.2) is 10.6 Å². The molecule has 1 radical (unpaired) electrons. The summed E-state index contributed by atoms with van der Waals surface area (Å²) in [6.45, 7) is 0. The van der Waals surface area contributed by atoms with Crippen molar-refractivity contribution in [2.75, 3.05) is 0 Å². The van der Waals surface area contributed by atoms with E-state index in [-0.39, 0.29) is 38.2 Å². The minimum Gasteiger partial charge on any atom is -0.870 e. The van der Waals surface area contributed by atoms with Gasteiger partial charge in [-0.15, -0.1) is 0 Å². The molecule has 1 N–H and O–H groups in total. The first-order valence-corrected chi connectivity index (χ1v) is 0.548. The predicted octanol–water partition coefficient (Wildman–Crippen LogP) is -0.418. The van der Waals surface area contributed by atoms with Gasteiger partial charge in [-0.25, -0.2) is 0 Å². The standard InChI is InChI=1S/NO3.H2O.Y/c2-1(3)4;;/h;1H2;/q-1;;+2/p-1. The van der Waals surface area contributed by atoms with E-state index in [4.69, 9.17) is 15.3 Å². The van der Waals surface area contributed by atoms with Gasteiger partial charge in [0.05, 0.1) is 5.09 Å². The van der Waals surface area contributed by atoms with E-state index in [0.717, 1.165) is 0 Å². The van der Waals surface area contributed by atoms with Crippen molar-refractivity contribution >= 4 is 0 Å². The molecule has 0 unspecified atom stereocenters. The Balaban J connectivity index is -0.0000000450. The molecule has 0 aromatic carbocycles. The zero-order valence-corrected chi connectivity index (χ0v) is 5.53. The van der Waals surface area contributed by atoms with Crippen molar-refractivity contribution in [2.45, 2.75) is 0 Å². The molecular formula is HNO4Y. The summed E-state index contributed by atoms with van der Waals surface area (Å²) in [4.78, 5) is 8.25. The second kappa shape index (κ2) is 8.98. The molecule has 0 fully saturated rings. The van der Waals surface area contributed by atoms with Gasteiger partial charge < -0.3 is 20.8 Å². The third-order valence-electron chi connectivity index (χ3n) is 0. The average Bonchev–Trinajstić information content (AvgIpc) is 0.811. The van der Waals surface area contributed by atoms with Crippen molar-refractivity contribution in [3.63, 3.8) is 0 Å². The van der Waals surface area contributed by atoms with Crippen molar-refractivity contribution in [1.82, 2.24) is 0 Å². The zero-order valence-electron chi connectivity index (χ0n) is 2.70. The van der Waals surface area contributed by atoms with Crippen LogP contribution < -0.4 is 0 Å². The molecule has 5 nitrogen and oxygen atoms in total. The van der Waals surface area contributed by atoms with Gasteiger partial charge in [0.1, 0.15) is 0 Å². The van der Waals surface area contributed by atoms with Crippen LogP contribution in [0.3, 0.4) is 0 Å². The van der Waals surface area contributed by atoms with Gasteiger partial charge in [-0.05, 0) is 0 Å². The second-order valence-electron chi connectivity index (χ2n) is 0.224. The Labute approximate surface area is 58.6 Å². The largest absolute Gasteiger partial charge is 2.00 e. The Morgan fingerprint density at radius 1 is 1.33 bits per heavy atom. The quantitative estimate of drug-likeness (QED) is 0.362. The van der Waals surface area contributed by atoms with Gasteiger partial charge in [-0.1, -0.05) is 0 Å². The number of hydrogen-bond acceptors (Lipinski definition) is 4. The van der Waals surface area contributed by atoms with Gasteiger partial charge in [0.2, 0.25) is 0 Å². The summed E-state index contributed by atoms with van der Waals surface area (Å²) >= 11 is 0. The van der Waals surface area contributed by atoms with E-state index in [0.29, 0.717) is 0 Å². The van der Waals surface area contributed by atoms with Crippen molar-refractivity contribution in [2.24, 2.45) is 0 Å². The Hall–Kier alpha value is 0.264. The van der Waals surface area contributed by atoms with Crippen molar-refractivity contribution in [3.8, 4) is 0 Å². The molecule has 0 atom stereocenters. The molecule has 0 saturated heterocycles. The molecule has 0 heterocycles. The van der Waals surface area contributed by atoms with Crippen LogP contribution in [0.4, 0.5) is 0 Å². The number of hydrogen-bond donors (Lipinski definition) is 0. The molecule has 0 amide bonds. The van der Waals surface area contributed by atoms with Crippen LogP contribution in [0.1, 0.15) is 0 Å². The van der Waals surface area contributed by atoms with Crippen LogP contribution in [-0.2, 0) is 32.7 Å². The van der Waals surface area contributed by atoms with E-state index >= 15 is 0 Å². The molecule has 0 saturated carbocycles. The fourth-order valence-corrected chi connectivity index (χ4v) is 0. The zero-order chi connectivity index (χ0) is 3.58. The monoisotopic (exact) mass is 168 g/mol. The predicted molar refractivity (Wildman–Crippen MR) is 12.3 cm³/mol. The van der Waals surface area contributed by atoms with Gasteiger partial charge in [0.15, 0.2) is 0 Å². The molecule has 6 heteroatoms. The topological polar surface area (TPSA) is 96.2 Å². The number of rotatable bonds is 0. The fourth-order valence-electron chi connectivity index (χ4n) is 0. The molecule has 33 valence electrons. The third-order valence-corrected chi connectivity index (χ3v) is 0. The van der Waals surface area contributed by atoms with Crippen LogP contribution in [0.25, 0.3) is 0 Å². The SMILES string of the molecule is O=[N+]([O-])[O-].[OH-].[Y+2]. The van der Waals surface area contributed by atoms with Crippen LogP contribution >= 0.6 is 0 Å². The molecule has 0 aromatic heterocycles. The number of nitrogens with zero attached hydrogens (tertiary/aromatic N) is 1. The Morgan fingerprint density at radius 3 is 1.33 bits per heavy atom. The Morgan fingerprint density at radius 2 is 1.33 bits per heavy atom. The van der Waals surface area contributed by atoms with E-state index in [9.17, 15) is 0 Å². The normalized spacial score (nSPS) is 4.00. The van der Waals surface area contributed by atoms with Gasteiger partial charge in [-0.2, -0.15) is 0 Å². The van der Waals surface area contributed by atoms with E-state index in [1.54, 1.807) is 0 Å². The van der Waals surface area contributed by atoms with Gasteiger partial charge >= 0.3 is 32.7 Å². The summed E-state index contributed by atoms with van der Waals surface area (Å²) in [5, 5.41) is 14.8. The maximum atomic E-state index is 8.25. The molecule has 6 heavy (non-hydrogen) atoms. The fraction of sp³-hybridized carbons (Fsp3) is 0. The van der Waals surface area contributed by atoms with Gasteiger partial charge in [0, 0.05) is 0 Å². The third kappa shape index (κ3) is 652. The first-order chi connectivity index (χ1) is 1.73. The Kier molecular flexibility index (Phi) is 24.4. The Bertz CT molecular complexity index is 30.5. The van der Waals surface area contributed by atoms with Gasteiger partial charge in [0.25, 0.3) is 0 Å². The van der Waals surface area contributed by atoms with Crippen LogP contribution in [0.2, 0.25) is 0 Å². The summed E-state index contributed by atoms with van der Waals surface area (Å²) in [6.07, 6.45) is 0. The molecular weight excluding hydrogens is 167 g/mol. The molecule has 0 rings (SSSR count). The maximum absolute atomic E-state index is 8.25. The van der Waals surface area contributed by atoms with E-state index in [1.807, 2.05) is 0 Å². The van der Waals surface area contributed by atoms with Crippen molar-refractivity contribution < 1.29 is 43.3 Å². The van der Waals surface area contributed by atoms with Crippen LogP contribution in [0.15, 0.2) is 0 Å². The molecule has 0 aliphatic rings. The van der Waals surface area contributed by atoms with Crippen molar-refractivity contribution in [1.29, 1.82) is 0 Å². The van der Waals surface area contributed by atoms with E-state index in [1.165, 1.54) is 0 Å². The van der Waals surface area contributed by atoms with E-state index in [2.05, 4.69) is 0 Å².